The van der Waals surface area contributed by atoms with Gasteiger partial charge in [-0.2, -0.15) is 0 Å². The first-order valence-corrected chi connectivity index (χ1v) is 9.03. The fourth-order valence-electron chi connectivity index (χ4n) is 3.04. The number of benzene rings is 1. The molecule has 1 aromatic heterocycles. The van der Waals surface area contributed by atoms with Crippen molar-refractivity contribution in [3.05, 3.63) is 46.4 Å². The number of carbonyl (C=O) groups excluding carboxylic acids is 1. The molecule has 0 saturated carbocycles. The lowest BCUT2D eigenvalue weighted by Gasteiger charge is -2.45. The summed E-state index contributed by atoms with van der Waals surface area (Å²) in [4.78, 5) is 25.3. The van der Waals surface area contributed by atoms with Gasteiger partial charge in [-0.25, -0.2) is 9.97 Å². The lowest BCUT2D eigenvalue weighted by Crippen LogP contribution is -2.60. The molecule has 0 aliphatic carbocycles. The maximum absolute atomic E-state index is 12.4. The minimum atomic E-state index is -0.0367. The summed E-state index contributed by atoms with van der Waals surface area (Å²) in [5, 5.41) is 3.60. The number of anilines is 2. The Bertz CT molecular complexity index is 820. The third kappa shape index (κ3) is 3.81. The van der Waals surface area contributed by atoms with Gasteiger partial charge < -0.3 is 10.2 Å². The lowest BCUT2D eigenvalue weighted by molar-refractivity contribution is -0.117. The van der Waals surface area contributed by atoms with Gasteiger partial charge in [-0.15, -0.1) is 0 Å². The molecule has 2 heterocycles. The number of carbonyl (C=O) groups is 1. The Morgan fingerprint density at radius 3 is 2.73 bits per heavy atom. The summed E-state index contributed by atoms with van der Waals surface area (Å²) < 4.78 is 0. The second-order valence-corrected chi connectivity index (χ2v) is 7.25. The van der Waals surface area contributed by atoms with E-state index >= 15 is 0 Å². The topological polar surface area (TPSA) is 61.4 Å². The molecule has 1 N–H and O–H groups in total. The van der Waals surface area contributed by atoms with Crippen LogP contribution in [0.4, 0.5) is 11.5 Å². The molecule has 1 saturated heterocycles. The van der Waals surface area contributed by atoms with Gasteiger partial charge >= 0.3 is 0 Å². The summed E-state index contributed by atoms with van der Waals surface area (Å²) >= 11 is 6.11. The molecular weight excluding hydrogens is 350 g/mol. The highest BCUT2D eigenvalue weighted by Crippen LogP contribution is 2.26. The van der Waals surface area contributed by atoms with Crippen molar-refractivity contribution in [2.24, 2.45) is 0 Å². The second kappa shape index (κ2) is 7.60. The number of likely N-dealkylation sites (N-methyl/N-ethyl adjacent to an activating group) is 1. The summed E-state index contributed by atoms with van der Waals surface area (Å²) in [6, 6.07) is 5.85. The molecule has 0 radical (unpaired) electrons. The number of rotatable bonds is 5. The van der Waals surface area contributed by atoms with Crippen molar-refractivity contribution >= 4 is 29.0 Å². The first-order chi connectivity index (χ1) is 12.4. The fraction of sp³-hybridized carbons (Fsp3) is 0.421. The van der Waals surface area contributed by atoms with Crippen LogP contribution < -0.4 is 10.2 Å². The van der Waals surface area contributed by atoms with Crippen LogP contribution in [0.2, 0.25) is 5.02 Å². The zero-order chi connectivity index (χ0) is 18.8. The SMILES string of the molecule is Cc1ncnc(N2CC(N(C)CC(=O)Nc3cccc(Cl)c3C)C2)c1C. The Balaban J connectivity index is 1.53. The largest absolute Gasteiger partial charge is 0.353 e. The zero-order valence-corrected chi connectivity index (χ0v) is 16.3. The van der Waals surface area contributed by atoms with Crippen molar-refractivity contribution < 1.29 is 4.79 Å². The molecule has 0 atom stereocenters. The van der Waals surface area contributed by atoms with Crippen LogP contribution in [-0.2, 0) is 4.79 Å². The lowest BCUT2D eigenvalue weighted by atomic mass is 10.1. The Morgan fingerprint density at radius 2 is 2.00 bits per heavy atom. The number of hydrogen-bond donors (Lipinski definition) is 1. The van der Waals surface area contributed by atoms with Crippen molar-refractivity contribution in [3.63, 3.8) is 0 Å². The van der Waals surface area contributed by atoms with Crippen LogP contribution in [0.5, 0.6) is 0 Å². The minimum absolute atomic E-state index is 0.0367. The predicted octanol–water partition coefficient (Wildman–Crippen LogP) is 2.81. The number of halogens is 1. The fourth-order valence-corrected chi connectivity index (χ4v) is 3.21. The molecule has 26 heavy (non-hydrogen) atoms. The van der Waals surface area contributed by atoms with E-state index in [1.165, 1.54) is 0 Å². The number of hydrogen-bond acceptors (Lipinski definition) is 5. The molecule has 138 valence electrons. The van der Waals surface area contributed by atoms with E-state index in [1.54, 1.807) is 6.33 Å². The van der Waals surface area contributed by atoms with Gasteiger partial charge in [0.15, 0.2) is 0 Å². The van der Waals surface area contributed by atoms with E-state index in [2.05, 4.69) is 25.1 Å². The van der Waals surface area contributed by atoms with Gasteiger partial charge in [0.1, 0.15) is 12.1 Å². The maximum atomic E-state index is 12.4. The van der Waals surface area contributed by atoms with Gasteiger partial charge in [-0.1, -0.05) is 17.7 Å². The molecule has 1 aliphatic rings. The van der Waals surface area contributed by atoms with Crippen LogP contribution >= 0.6 is 11.6 Å². The van der Waals surface area contributed by atoms with Crippen molar-refractivity contribution in [2.45, 2.75) is 26.8 Å². The first-order valence-electron chi connectivity index (χ1n) is 8.65. The van der Waals surface area contributed by atoms with E-state index in [1.807, 2.05) is 46.0 Å². The van der Waals surface area contributed by atoms with Gasteiger partial charge in [0.05, 0.1) is 6.54 Å². The molecule has 3 rings (SSSR count). The van der Waals surface area contributed by atoms with Crippen LogP contribution in [0.25, 0.3) is 0 Å². The van der Waals surface area contributed by atoms with Crippen LogP contribution in [0.15, 0.2) is 24.5 Å². The zero-order valence-electron chi connectivity index (χ0n) is 15.6. The molecule has 6 nitrogen and oxygen atoms in total. The number of amides is 1. The Morgan fingerprint density at radius 1 is 1.27 bits per heavy atom. The van der Waals surface area contributed by atoms with Crippen LogP contribution in [0.3, 0.4) is 0 Å². The summed E-state index contributed by atoms with van der Waals surface area (Å²) in [6.07, 6.45) is 1.61. The summed E-state index contributed by atoms with van der Waals surface area (Å²) in [7, 11) is 1.98. The molecule has 1 amide bonds. The van der Waals surface area contributed by atoms with E-state index in [0.717, 1.165) is 41.4 Å². The summed E-state index contributed by atoms with van der Waals surface area (Å²) in [6.45, 7) is 7.99. The van der Waals surface area contributed by atoms with Crippen molar-refractivity contribution in [1.82, 2.24) is 14.9 Å². The molecule has 1 fully saturated rings. The Kier molecular flexibility index (Phi) is 5.44. The van der Waals surface area contributed by atoms with Crippen molar-refractivity contribution in [2.75, 3.05) is 36.9 Å². The molecule has 0 unspecified atom stereocenters. The van der Waals surface area contributed by atoms with Gasteiger partial charge in [0.25, 0.3) is 0 Å². The third-order valence-corrected chi connectivity index (χ3v) is 5.44. The van der Waals surface area contributed by atoms with E-state index in [0.29, 0.717) is 17.6 Å². The average molecular weight is 374 g/mol. The molecule has 1 aromatic carbocycles. The normalized spacial score (nSPS) is 14.5. The third-order valence-electron chi connectivity index (χ3n) is 5.03. The molecule has 2 aromatic rings. The van der Waals surface area contributed by atoms with Crippen molar-refractivity contribution in [3.8, 4) is 0 Å². The monoisotopic (exact) mass is 373 g/mol. The molecule has 0 spiro atoms. The van der Waals surface area contributed by atoms with Crippen LogP contribution in [0.1, 0.15) is 16.8 Å². The number of aryl methyl sites for hydroxylation is 1. The number of aromatic nitrogens is 2. The number of nitrogens with one attached hydrogen (secondary N) is 1. The molecular formula is C19H24ClN5O. The smallest absolute Gasteiger partial charge is 0.238 e. The first kappa shape index (κ1) is 18.6. The van der Waals surface area contributed by atoms with Gasteiger partial charge in [-0.05, 0) is 45.5 Å². The standard InChI is InChI=1S/C19H24ClN5O/c1-12-14(3)21-11-22-19(12)25-8-15(9-25)24(4)10-18(26)23-17-7-5-6-16(20)13(17)2/h5-7,11,15H,8-10H2,1-4H3,(H,23,26). The van der Waals surface area contributed by atoms with E-state index in [-0.39, 0.29) is 5.91 Å². The van der Waals surface area contributed by atoms with Crippen molar-refractivity contribution in [1.29, 1.82) is 0 Å². The van der Waals surface area contributed by atoms with E-state index < -0.39 is 0 Å². The Labute approximate surface area is 159 Å². The highest BCUT2D eigenvalue weighted by Gasteiger charge is 2.32. The second-order valence-electron chi connectivity index (χ2n) is 6.84. The maximum Gasteiger partial charge on any atom is 0.238 e. The highest BCUT2D eigenvalue weighted by molar-refractivity contribution is 6.31. The number of nitrogens with zero attached hydrogens (tertiary/aromatic N) is 4. The Hall–Kier alpha value is -2.18. The van der Waals surface area contributed by atoms with Crippen LogP contribution in [0, 0.1) is 20.8 Å². The van der Waals surface area contributed by atoms with Gasteiger partial charge in [0.2, 0.25) is 5.91 Å². The van der Waals surface area contributed by atoms with E-state index in [4.69, 9.17) is 11.6 Å². The summed E-state index contributed by atoms with van der Waals surface area (Å²) in [5.41, 5.74) is 3.76. The van der Waals surface area contributed by atoms with Crippen LogP contribution in [-0.4, -0.2) is 53.5 Å². The molecule has 1 aliphatic heterocycles. The van der Waals surface area contributed by atoms with Gasteiger partial charge in [0, 0.05) is 41.1 Å². The van der Waals surface area contributed by atoms with E-state index in [9.17, 15) is 4.79 Å². The predicted molar refractivity (Wildman–Crippen MR) is 105 cm³/mol. The average Bonchev–Trinajstić information content (AvgIpc) is 2.54. The quantitative estimate of drug-likeness (QED) is 0.873. The molecule has 0 bridgehead atoms. The summed E-state index contributed by atoms with van der Waals surface area (Å²) in [5.74, 6) is 0.950. The highest BCUT2D eigenvalue weighted by atomic mass is 35.5. The van der Waals surface area contributed by atoms with Gasteiger partial charge in [-0.3, -0.25) is 9.69 Å². The minimum Gasteiger partial charge on any atom is -0.353 e. The molecule has 7 heteroatoms.